The summed E-state index contributed by atoms with van der Waals surface area (Å²) >= 11 is 0. The van der Waals surface area contributed by atoms with Gasteiger partial charge in [0.05, 0.1) is 5.57 Å². The Morgan fingerprint density at radius 1 is 0.826 bits per heavy atom. The van der Waals surface area contributed by atoms with Crippen molar-refractivity contribution in [2.45, 2.75) is 11.8 Å². The molecule has 0 saturated heterocycles. The maximum atomic E-state index is 12.3. The molecule has 23 heavy (non-hydrogen) atoms. The lowest BCUT2D eigenvalue weighted by Crippen LogP contribution is -2.40. The molecule has 4 N–H and O–H groups in total. The molecule has 3 aliphatic carbocycles. The lowest BCUT2D eigenvalue weighted by molar-refractivity contribution is -0.133. The fourth-order valence-corrected chi connectivity index (χ4v) is 3.91. The van der Waals surface area contributed by atoms with Gasteiger partial charge in [0.25, 0.3) is 5.91 Å². The van der Waals surface area contributed by atoms with Gasteiger partial charge in [-0.2, -0.15) is 0 Å². The summed E-state index contributed by atoms with van der Waals surface area (Å²) in [6, 6.07) is 15.4. The fourth-order valence-electron chi connectivity index (χ4n) is 3.91. The molecule has 2 aromatic carbocycles. The summed E-state index contributed by atoms with van der Waals surface area (Å²) in [7, 11) is 0. The molecule has 114 valence electrons. The van der Waals surface area contributed by atoms with Crippen molar-refractivity contribution in [3.63, 3.8) is 0 Å². The van der Waals surface area contributed by atoms with Crippen molar-refractivity contribution in [3.05, 3.63) is 81.9 Å². The number of carboxylic acid groups (broad SMARTS) is 1. The Bertz CT molecular complexity index is 838. The van der Waals surface area contributed by atoms with Gasteiger partial charge >= 0.3 is 5.97 Å². The van der Waals surface area contributed by atoms with Gasteiger partial charge < -0.3 is 5.11 Å². The molecule has 0 aromatic heterocycles. The summed E-state index contributed by atoms with van der Waals surface area (Å²) in [6.07, 6.45) is 0. The van der Waals surface area contributed by atoms with Gasteiger partial charge in [-0.25, -0.2) is 10.6 Å². The minimum Gasteiger partial charge on any atom is -0.478 e. The van der Waals surface area contributed by atoms with E-state index in [9.17, 15) is 14.7 Å². The predicted molar refractivity (Wildman–Crippen MR) is 83.6 cm³/mol. The summed E-state index contributed by atoms with van der Waals surface area (Å²) in [5, 5.41) is 9.75. The fraction of sp³-hybridized carbons (Fsp3) is 0.111. The normalized spacial score (nSPS) is 20.7. The number of hydrazine groups is 1. The second kappa shape index (κ2) is 4.79. The summed E-state index contributed by atoms with van der Waals surface area (Å²) in [4.78, 5) is 24.2. The first-order valence-corrected chi connectivity index (χ1v) is 7.31. The molecule has 0 atom stereocenters. The van der Waals surface area contributed by atoms with E-state index in [0.717, 1.165) is 22.3 Å². The molecule has 5 heteroatoms. The Kier molecular flexibility index (Phi) is 2.86. The Morgan fingerprint density at radius 3 is 1.57 bits per heavy atom. The quantitative estimate of drug-likeness (QED) is 0.447. The third kappa shape index (κ3) is 1.71. The molecule has 0 saturated carbocycles. The second-order valence-electron chi connectivity index (χ2n) is 5.73. The van der Waals surface area contributed by atoms with E-state index in [0.29, 0.717) is 0 Å². The van der Waals surface area contributed by atoms with E-state index in [1.165, 1.54) is 0 Å². The van der Waals surface area contributed by atoms with E-state index >= 15 is 0 Å². The highest BCUT2D eigenvalue weighted by molar-refractivity contribution is 6.07. The van der Waals surface area contributed by atoms with Crippen LogP contribution in [0.1, 0.15) is 34.1 Å². The average Bonchev–Trinajstić information content (AvgIpc) is 2.60. The zero-order valence-corrected chi connectivity index (χ0v) is 12.1. The van der Waals surface area contributed by atoms with E-state index in [-0.39, 0.29) is 11.1 Å². The molecule has 3 aliphatic rings. The highest BCUT2D eigenvalue weighted by atomic mass is 16.4. The lowest BCUT2D eigenvalue weighted by Gasteiger charge is -2.41. The lowest BCUT2D eigenvalue weighted by atomic mass is 9.61. The largest absolute Gasteiger partial charge is 0.478 e. The van der Waals surface area contributed by atoms with Gasteiger partial charge in [-0.15, -0.1) is 0 Å². The van der Waals surface area contributed by atoms with Gasteiger partial charge in [-0.05, 0) is 22.3 Å². The number of aliphatic carboxylic acids is 1. The zero-order valence-electron chi connectivity index (χ0n) is 12.1. The molecule has 0 aliphatic heterocycles. The van der Waals surface area contributed by atoms with Crippen molar-refractivity contribution in [1.82, 2.24) is 5.43 Å². The number of amides is 1. The van der Waals surface area contributed by atoms with E-state index < -0.39 is 23.7 Å². The van der Waals surface area contributed by atoms with Gasteiger partial charge in [0.2, 0.25) is 0 Å². The molecular weight excluding hydrogens is 292 g/mol. The number of carbonyl (C=O) groups is 2. The minimum absolute atomic E-state index is 0.121. The summed E-state index contributed by atoms with van der Waals surface area (Å²) < 4.78 is 0. The van der Waals surface area contributed by atoms with Crippen LogP contribution in [0, 0.1) is 0 Å². The van der Waals surface area contributed by atoms with Crippen LogP contribution in [-0.2, 0) is 9.59 Å². The summed E-state index contributed by atoms with van der Waals surface area (Å²) in [5.74, 6) is 2.84. The van der Waals surface area contributed by atoms with Gasteiger partial charge in [-0.3, -0.25) is 10.2 Å². The first kappa shape index (κ1) is 13.7. The van der Waals surface area contributed by atoms with Crippen molar-refractivity contribution >= 4 is 11.9 Å². The highest BCUT2D eigenvalue weighted by Crippen LogP contribution is 2.55. The van der Waals surface area contributed by atoms with E-state index in [1.54, 1.807) is 0 Å². The number of carbonyl (C=O) groups excluding carboxylic acids is 1. The molecule has 0 radical (unpaired) electrons. The molecule has 0 unspecified atom stereocenters. The molecule has 0 fully saturated rings. The number of carboxylic acids is 1. The highest BCUT2D eigenvalue weighted by Gasteiger charge is 2.47. The first-order chi connectivity index (χ1) is 11.1. The topological polar surface area (TPSA) is 92.4 Å². The molecular formula is C18H14N2O3. The van der Waals surface area contributed by atoms with Crippen LogP contribution in [-0.4, -0.2) is 17.0 Å². The maximum Gasteiger partial charge on any atom is 0.333 e. The summed E-state index contributed by atoms with van der Waals surface area (Å²) in [5.41, 5.74) is 6.30. The third-order valence-electron chi connectivity index (χ3n) is 4.71. The van der Waals surface area contributed by atoms with Gasteiger partial charge in [0.1, 0.15) is 0 Å². The minimum atomic E-state index is -1.08. The van der Waals surface area contributed by atoms with Crippen LogP contribution in [0.15, 0.2) is 59.7 Å². The molecule has 0 spiro atoms. The Balaban J connectivity index is 2.10. The molecule has 1 amide bonds. The van der Waals surface area contributed by atoms with Gasteiger partial charge in [-0.1, -0.05) is 48.5 Å². The predicted octanol–water partition coefficient (Wildman–Crippen LogP) is 1.65. The number of hydrogen-bond donors (Lipinski definition) is 3. The summed E-state index contributed by atoms with van der Waals surface area (Å²) in [6.45, 7) is 0. The first-order valence-electron chi connectivity index (χ1n) is 7.31. The van der Waals surface area contributed by atoms with E-state index in [4.69, 9.17) is 5.84 Å². The SMILES string of the molecule is NNC(=O)C1=C(C(=O)O)C2c3ccccc3C1c1ccccc12. The zero-order chi connectivity index (χ0) is 16.1. The molecule has 5 rings (SSSR count). The smallest absolute Gasteiger partial charge is 0.333 e. The van der Waals surface area contributed by atoms with Crippen LogP contribution in [0.2, 0.25) is 0 Å². The number of nitrogens with two attached hydrogens (primary N) is 1. The Hall–Kier alpha value is -2.92. The van der Waals surface area contributed by atoms with Crippen LogP contribution < -0.4 is 11.3 Å². The number of nitrogens with one attached hydrogen (secondary N) is 1. The number of benzene rings is 2. The Labute approximate surface area is 132 Å². The van der Waals surface area contributed by atoms with Crippen LogP contribution in [0.3, 0.4) is 0 Å². The second-order valence-corrected chi connectivity index (χ2v) is 5.73. The average molecular weight is 306 g/mol. The van der Waals surface area contributed by atoms with Gasteiger partial charge in [0, 0.05) is 17.4 Å². The number of rotatable bonds is 2. The van der Waals surface area contributed by atoms with Crippen molar-refractivity contribution in [2.75, 3.05) is 0 Å². The maximum absolute atomic E-state index is 12.3. The van der Waals surface area contributed by atoms with Crippen LogP contribution in [0.5, 0.6) is 0 Å². The van der Waals surface area contributed by atoms with Crippen molar-refractivity contribution in [2.24, 2.45) is 5.84 Å². The van der Waals surface area contributed by atoms with Crippen molar-refractivity contribution < 1.29 is 14.7 Å². The van der Waals surface area contributed by atoms with E-state index in [2.05, 4.69) is 5.43 Å². The number of hydrogen-bond acceptors (Lipinski definition) is 3. The monoisotopic (exact) mass is 306 g/mol. The molecule has 5 nitrogen and oxygen atoms in total. The molecule has 2 bridgehead atoms. The van der Waals surface area contributed by atoms with Crippen molar-refractivity contribution in [3.8, 4) is 0 Å². The van der Waals surface area contributed by atoms with E-state index in [1.807, 2.05) is 48.5 Å². The standard InChI is InChI=1S/C18H14N2O3/c19-20-17(21)15-13-9-5-1-3-7-11(9)14(16(15)18(22)23)12-8-4-2-6-10(12)13/h1-8,13-14H,19H2,(H,20,21)(H,22,23). The Morgan fingerprint density at radius 2 is 1.22 bits per heavy atom. The van der Waals surface area contributed by atoms with Crippen molar-refractivity contribution in [1.29, 1.82) is 0 Å². The van der Waals surface area contributed by atoms with Crippen LogP contribution in [0.25, 0.3) is 0 Å². The van der Waals surface area contributed by atoms with Crippen LogP contribution in [0.4, 0.5) is 0 Å². The molecule has 2 aromatic rings. The molecule has 0 heterocycles. The van der Waals surface area contributed by atoms with Crippen LogP contribution >= 0.6 is 0 Å². The van der Waals surface area contributed by atoms with Gasteiger partial charge in [0.15, 0.2) is 0 Å². The third-order valence-corrected chi connectivity index (χ3v) is 4.71.